The fraction of sp³-hybridized carbons (Fsp3) is 0.294. The second-order valence-electron chi connectivity index (χ2n) is 5.51. The molecule has 3 rings (SSSR count). The number of benzene rings is 1. The van der Waals surface area contributed by atoms with Crippen LogP contribution in [0, 0.1) is 24.1 Å². The van der Waals surface area contributed by atoms with E-state index < -0.39 is 5.82 Å². The minimum absolute atomic E-state index is 0.0924. The summed E-state index contributed by atoms with van der Waals surface area (Å²) < 4.78 is 21.5. The van der Waals surface area contributed by atoms with Gasteiger partial charge in [-0.15, -0.1) is 0 Å². The van der Waals surface area contributed by atoms with Crippen molar-refractivity contribution in [2.75, 3.05) is 13.7 Å². The lowest BCUT2D eigenvalue weighted by Crippen LogP contribution is -2.23. The Morgan fingerprint density at radius 1 is 1.39 bits per heavy atom. The number of aromatic nitrogens is 2. The first-order valence-electron chi connectivity index (χ1n) is 7.31. The Morgan fingerprint density at radius 2 is 2.17 bits per heavy atom. The van der Waals surface area contributed by atoms with E-state index in [1.165, 1.54) is 0 Å². The predicted octanol–water partition coefficient (Wildman–Crippen LogP) is 3.33. The summed E-state index contributed by atoms with van der Waals surface area (Å²) >= 11 is 0. The molecule has 1 unspecified atom stereocenters. The fourth-order valence-corrected chi connectivity index (χ4v) is 2.68. The number of imidazole rings is 1. The number of nitriles is 1. The van der Waals surface area contributed by atoms with Crippen molar-refractivity contribution < 1.29 is 9.13 Å². The number of hydrogen-bond acceptors (Lipinski definition) is 4. The van der Waals surface area contributed by atoms with Crippen molar-refractivity contribution in [1.82, 2.24) is 14.5 Å². The third-order valence-electron chi connectivity index (χ3n) is 4.18. The van der Waals surface area contributed by atoms with Crippen LogP contribution in [0.15, 0.2) is 24.5 Å². The zero-order valence-corrected chi connectivity index (χ0v) is 13.2. The van der Waals surface area contributed by atoms with Gasteiger partial charge in [-0.1, -0.05) is 0 Å². The molecule has 1 aromatic carbocycles. The molecule has 6 heteroatoms. The molecule has 2 heterocycles. The standard InChI is InChI=1S/C17H17FN4O/c1-11-13(4-5-15(16(11)18)23-9-6-19)14-10-20-17-12(2)21(3)7-8-22(14)17/h4-5,7-8,10,12H,9H2,1-3H3. The van der Waals surface area contributed by atoms with E-state index in [1.807, 2.05) is 30.1 Å². The zero-order chi connectivity index (χ0) is 16.6. The second-order valence-corrected chi connectivity index (χ2v) is 5.51. The van der Waals surface area contributed by atoms with E-state index in [4.69, 9.17) is 10.00 Å². The Kier molecular flexibility index (Phi) is 3.78. The molecule has 0 N–H and O–H groups in total. The molecule has 0 saturated heterocycles. The third-order valence-corrected chi connectivity index (χ3v) is 4.18. The van der Waals surface area contributed by atoms with Gasteiger partial charge in [-0.05, 0) is 31.5 Å². The average molecular weight is 312 g/mol. The highest BCUT2D eigenvalue weighted by atomic mass is 19.1. The monoisotopic (exact) mass is 312 g/mol. The van der Waals surface area contributed by atoms with Gasteiger partial charge in [0.15, 0.2) is 18.2 Å². The van der Waals surface area contributed by atoms with Gasteiger partial charge < -0.3 is 9.64 Å². The van der Waals surface area contributed by atoms with Gasteiger partial charge in [-0.3, -0.25) is 4.57 Å². The molecule has 0 bridgehead atoms. The Labute approximate surface area is 134 Å². The molecule has 1 aliphatic heterocycles. The highest BCUT2D eigenvalue weighted by Crippen LogP contribution is 2.34. The molecule has 2 aromatic rings. The summed E-state index contributed by atoms with van der Waals surface area (Å²) in [5, 5.41) is 8.55. The average Bonchev–Trinajstić information content (AvgIpc) is 2.97. The maximum Gasteiger partial charge on any atom is 0.174 e. The molecular formula is C17H17FN4O. The Balaban J connectivity index is 2.06. The van der Waals surface area contributed by atoms with E-state index in [9.17, 15) is 4.39 Å². The molecule has 0 radical (unpaired) electrons. The van der Waals surface area contributed by atoms with E-state index in [2.05, 4.69) is 16.8 Å². The molecule has 1 aromatic heterocycles. The van der Waals surface area contributed by atoms with E-state index in [0.717, 1.165) is 17.1 Å². The minimum atomic E-state index is -0.446. The molecule has 1 atom stereocenters. The van der Waals surface area contributed by atoms with Crippen molar-refractivity contribution in [3.63, 3.8) is 0 Å². The first kappa shape index (κ1) is 15.1. The molecule has 0 saturated carbocycles. The highest BCUT2D eigenvalue weighted by Gasteiger charge is 2.23. The largest absolute Gasteiger partial charge is 0.476 e. The van der Waals surface area contributed by atoms with E-state index >= 15 is 0 Å². The van der Waals surface area contributed by atoms with Crippen LogP contribution in [-0.2, 0) is 0 Å². The fourth-order valence-electron chi connectivity index (χ4n) is 2.68. The van der Waals surface area contributed by atoms with Crippen LogP contribution in [0.2, 0.25) is 0 Å². The second kappa shape index (κ2) is 5.76. The molecule has 0 amide bonds. The van der Waals surface area contributed by atoms with Gasteiger partial charge in [0.25, 0.3) is 0 Å². The zero-order valence-electron chi connectivity index (χ0n) is 13.2. The van der Waals surface area contributed by atoms with Crippen LogP contribution in [0.1, 0.15) is 24.4 Å². The summed E-state index contributed by atoms with van der Waals surface area (Å²) in [7, 11) is 1.99. The van der Waals surface area contributed by atoms with Crippen LogP contribution >= 0.6 is 0 Å². The minimum Gasteiger partial charge on any atom is -0.476 e. The van der Waals surface area contributed by atoms with E-state index in [1.54, 1.807) is 25.3 Å². The third kappa shape index (κ3) is 2.44. The Hall–Kier alpha value is -2.81. The smallest absolute Gasteiger partial charge is 0.174 e. The van der Waals surface area contributed by atoms with E-state index in [0.29, 0.717) is 5.56 Å². The summed E-state index contributed by atoms with van der Waals surface area (Å²) in [6, 6.07) is 5.34. The van der Waals surface area contributed by atoms with Crippen LogP contribution in [-0.4, -0.2) is 28.1 Å². The van der Waals surface area contributed by atoms with Crippen LogP contribution < -0.4 is 4.74 Å². The van der Waals surface area contributed by atoms with Gasteiger partial charge in [0, 0.05) is 25.0 Å². The molecule has 0 aliphatic carbocycles. The summed E-state index contributed by atoms with van der Waals surface area (Å²) in [6.45, 7) is 3.59. The predicted molar refractivity (Wildman–Crippen MR) is 85.0 cm³/mol. The van der Waals surface area contributed by atoms with Crippen molar-refractivity contribution in [2.45, 2.75) is 19.9 Å². The highest BCUT2D eigenvalue weighted by molar-refractivity contribution is 5.68. The van der Waals surface area contributed by atoms with Gasteiger partial charge in [-0.2, -0.15) is 5.26 Å². The quantitative estimate of drug-likeness (QED) is 0.872. The summed E-state index contributed by atoms with van der Waals surface area (Å²) in [4.78, 5) is 6.55. The number of nitrogens with zero attached hydrogens (tertiary/aromatic N) is 4. The first-order chi connectivity index (χ1) is 11.0. The van der Waals surface area contributed by atoms with Gasteiger partial charge in [0.05, 0.1) is 17.9 Å². The number of fused-ring (bicyclic) bond motifs is 1. The molecule has 118 valence electrons. The van der Waals surface area contributed by atoms with Crippen molar-refractivity contribution in [2.24, 2.45) is 0 Å². The number of rotatable bonds is 3. The van der Waals surface area contributed by atoms with E-state index in [-0.39, 0.29) is 18.4 Å². The number of ether oxygens (including phenoxy) is 1. The normalized spacial score (nSPS) is 16.1. The molecule has 23 heavy (non-hydrogen) atoms. The lowest BCUT2D eigenvalue weighted by atomic mass is 10.0. The Bertz CT molecular complexity index is 819. The number of halogens is 1. The molecule has 0 fully saturated rings. The summed E-state index contributed by atoms with van der Waals surface area (Å²) in [6.07, 6.45) is 5.65. The lowest BCUT2D eigenvalue weighted by molar-refractivity contribution is 0.336. The molecule has 0 spiro atoms. The lowest BCUT2D eigenvalue weighted by Gasteiger charge is -2.27. The maximum absolute atomic E-state index is 14.5. The summed E-state index contributed by atoms with van der Waals surface area (Å²) in [5.74, 6) is 0.558. The summed E-state index contributed by atoms with van der Waals surface area (Å²) in [5.41, 5.74) is 2.06. The molecule has 5 nitrogen and oxygen atoms in total. The van der Waals surface area contributed by atoms with Crippen LogP contribution in [0.3, 0.4) is 0 Å². The van der Waals surface area contributed by atoms with Gasteiger partial charge in [0.2, 0.25) is 0 Å². The van der Waals surface area contributed by atoms with Gasteiger partial charge in [0.1, 0.15) is 11.9 Å². The Morgan fingerprint density at radius 3 is 2.91 bits per heavy atom. The topological polar surface area (TPSA) is 54.1 Å². The van der Waals surface area contributed by atoms with Crippen LogP contribution in [0.25, 0.3) is 17.5 Å². The van der Waals surface area contributed by atoms with Crippen molar-refractivity contribution in [3.8, 4) is 23.1 Å². The molecule has 1 aliphatic rings. The maximum atomic E-state index is 14.5. The van der Waals surface area contributed by atoms with Crippen LogP contribution in [0.4, 0.5) is 4.39 Å². The molecular weight excluding hydrogens is 295 g/mol. The van der Waals surface area contributed by atoms with Crippen molar-refractivity contribution in [3.05, 3.63) is 41.7 Å². The van der Waals surface area contributed by atoms with Crippen molar-refractivity contribution in [1.29, 1.82) is 5.26 Å². The first-order valence-corrected chi connectivity index (χ1v) is 7.31. The van der Waals surface area contributed by atoms with Gasteiger partial charge in [-0.25, -0.2) is 9.37 Å². The van der Waals surface area contributed by atoms with Crippen LogP contribution in [0.5, 0.6) is 5.75 Å². The van der Waals surface area contributed by atoms with Crippen molar-refractivity contribution >= 4 is 6.20 Å². The SMILES string of the molecule is Cc1c(-c2cnc3n2C=CN(C)C3C)ccc(OCC#N)c1F. The number of hydrogen-bond donors (Lipinski definition) is 0. The van der Waals surface area contributed by atoms with Gasteiger partial charge >= 0.3 is 0 Å².